The maximum Gasteiger partial charge on any atom is 0.103 e. The highest BCUT2D eigenvalue weighted by Crippen LogP contribution is 2.24. The zero-order chi connectivity index (χ0) is 15.9. The first-order chi connectivity index (χ1) is 10.1. The number of nitrogens with zero attached hydrogens (tertiary/aromatic N) is 2. The molecule has 0 N–H and O–H groups in total. The highest BCUT2D eigenvalue weighted by atomic mass is 16.5. The molecule has 0 aliphatic carbocycles. The number of ether oxygens (including phenoxy) is 2. The number of aromatic nitrogens is 1. The van der Waals surface area contributed by atoms with Gasteiger partial charge in [0.1, 0.15) is 6.10 Å². The van der Waals surface area contributed by atoms with Crippen LogP contribution in [0.2, 0.25) is 0 Å². The van der Waals surface area contributed by atoms with Gasteiger partial charge in [0.05, 0.1) is 24.1 Å². The first-order valence-corrected chi connectivity index (χ1v) is 7.93. The lowest BCUT2D eigenvalue weighted by atomic mass is 9.99. The van der Waals surface area contributed by atoms with Gasteiger partial charge in [-0.1, -0.05) is 20.8 Å². The molecule has 1 atom stereocenters. The molecule has 2 rings (SSSR count). The number of hydrogen-bond acceptors (Lipinski definition) is 4. The maximum atomic E-state index is 5.84. The van der Waals surface area contributed by atoms with Crippen LogP contribution in [0.15, 0.2) is 18.3 Å². The lowest BCUT2D eigenvalue weighted by Gasteiger charge is -2.41. The quantitative estimate of drug-likeness (QED) is 0.853. The Labute approximate surface area is 129 Å². The van der Waals surface area contributed by atoms with Crippen molar-refractivity contribution in [2.24, 2.45) is 0 Å². The van der Waals surface area contributed by atoms with Crippen LogP contribution in [0.1, 0.15) is 40.3 Å². The van der Waals surface area contributed by atoms with Crippen LogP contribution < -0.4 is 4.90 Å². The van der Waals surface area contributed by atoms with Crippen LogP contribution in [0.5, 0.6) is 0 Å². The summed E-state index contributed by atoms with van der Waals surface area (Å²) in [5.74, 6) is 0. The summed E-state index contributed by atoms with van der Waals surface area (Å²) in [4.78, 5) is 6.79. The minimum Gasteiger partial charge on any atom is -0.376 e. The van der Waals surface area contributed by atoms with Crippen molar-refractivity contribution < 1.29 is 9.47 Å². The molecule has 4 heteroatoms. The first-order valence-electron chi connectivity index (χ1n) is 7.93. The normalized spacial score (nSPS) is 19.0. The Morgan fingerprint density at radius 2 is 2.10 bits per heavy atom. The van der Waals surface area contributed by atoms with Gasteiger partial charge in [-0.05, 0) is 32.4 Å². The van der Waals surface area contributed by atoms with Crippen molar-refractivity contribution in [2.45, 2.75) is 52.7 Å². The van der Waals surface area contributed by atoms with Crippen molar-refractivity contribution in [2.75, 3.05) is 31.7 Å². The molecule has 21 heavy (non-hydrogen) atoms. The van der Waals surface area contributed by atoms with Gasteiger partial charge < -0.3 is 14.4 Å². The number of anilines is 1. The lowest BCUT2D eigenvalue weighted by molar-refractivity contribution is -0.113. The fourth-order valence-electron chi connectivity index (χ4n) is 2.25. The van der Waals surface area contributed by atoms with E-state index in [0.717, 1.165) is 37.5 Å². The summed E-state index contributed by atoms with van der Waals surface area (Å²) in [5, 5.41) is 0. The van der Waals surface area contributed by atoms with Crippen LogP contribution >= 0.6 is 0 Å². The molecule has 0 bridgehead atoms. The fraction of sp³-hybridized carbons (Fsp3) is 0.706. The molecule has 2 heterocycles. The largest absolute Gasteiger partial charge is 0.376 e. The van der Waals surface area contributed by atoms with E-state index in [4.69, 9.17) is 9.47 Å². The monoisotopic (exact) mass is 294 g/mol. The molecule has 0 amide bonds. The van der Waals surface area contributed by atoms with Gasteiger partial charge in [-0.25, -0.2) is 0 Å². The van der Waals surface area contributed by atoms with E-state index in [9.17, 15) is 0 Å². The third kappa shape index (κ3) is 4.68. The zero-order valence-electron chi connectivity index (χ0n) is 14.3. The van der Waals surface area contributed by atoms with Gasteiger partial charge in [0.15, 0.2) is 0 Å². The predicted octanol–water partition coefficient (Wildman–Crippen LogP) is 3.30. The second kappa shape index (κ2) is 8.35. The average molecular weight is 294 g/mol. The Morgan fingerprint density at radius 3 is 2.62 bits per heavy atom. The van der Waals surface area contributed by atoms with Crippen LogP contribution in [0.3, 0.4) is 0 Å². The smallest absolute Gasteiger partial charge is 0.103 e. The summed E-state index contributed by atoms with van der Waals surface area (Å²) < 4.78 is 11.4. The minimum atomic E-state index is -0.268. The van der Waals surface area contributed by atoms with Crippen molar-refractivity contribution >= 4 is 5.69 Å². The molecule has 1 unspecified atom stereocenters. The Bertz CT molecular complexity index is 404. The zero-order valence-corrected chi connectivity index (χ0v) is 14.3. The van der Waals surface area contributed by atoms with Gasteiger partial charge in [0, 0.05) is 25.9 Å². The molecule has 1 fully saturated rings. The van der Waals surface area contributed by atoms with Gasteiger partial charge in [-0.3, -0.25) is 4.98 Å². The van der Waals surface area contributed by atoms with E-state index >= 15 is 0 Å². The van der Waals surface area contributed by atoms with Gasteiger partial charge in [-0.2, -0.15) is 0 Å². The van der Waals surface area contributed by atoms with Gasteiger partial charge in [-0.15, -0.1) is 0 Å². The van der Waals surface area contributed by atoms with Crippen molar-refractivity contribution in [3.05, 3.63) is 24.0 Å². The molecule has 1 aliphatic rings. The highest BCUT2D eigenvalue weighted by Gasteiger charge is 2.34. The molecular weight excluding hydrogens is 264 g/mol. The molecular formula is C17H30N2O2. The van der Waals surface area contributed by atoms with E-state index in [1.165, 1.54) is 0 Å². The molecule has 0 radical (unpaired) electrons. The molecule has 0 saturated carbocycles. The third-order valence-electron chi connectivity index (χ3n) is 3.90. The maximum absolute atomic E-state index is 5.84. The summed E-state index contributed by atoms with van der Waals surface area (Å²) in [6.45, 7) is 12.7. The van der Waals surface area contributed by atoms with Crippen LogP contribution in [0.25, 0.3) is 0 Å². The van der Waals surface area contributed by atoms with Gasteiger partial charge in [0.25, 0.3) is 0 Å². The van der Waals surface area contributed by atoms with E-state index in [1.54, 1.807) is 7.11 Å². The summed E-state index contributed by atoms with van der Waals surface area (Å²) in [5.41, 5.74) is 2.03. The lowest BCUT2D eigenvalue weighted by Crippen LogP contribution is -2.52. The van der Waals surface area contributed by atoms with E-state index in [0.29, 0.717) is 0 Å². The van der Waals surface area contributed by atoms with Crippen LogP contribution in [-0.4, -0.2) is 43.5 Å². The Balaban J connectivity index is 0.00000106. The average Bonchev–Trinajstić information content (AvgIpc) is 2.57. The predicted molar refractivity (Wildman–Crippen MR) is 88.0 cm³/mol. The van der Waals surface area contributed by atoms with Crippen molar-refractivity contribution in [3.8, 4) is 0 Å². The standard InChI is InChI=1S/C15H24N2O2.C2H6/c1-5-12-6-7-13(10-16-12)17-8-9-19-14(11-17)15(2,3)18-4;1-2/h6-7,10,14H,5,8-9,11H2,1-4H3;1-2H3. The topological polar surface area (TPSA) is 34.6 Å². The fourth-order valence-corrected chi connectivity index (χ4v) is 2.25. The van der Waals surface area contributed by atoms with Crippen LogP contribution in [0, 0.1) is 0 Å². The molecule has 1 aromatic heterocycles. The number of methoxy groups -OCH3 is 1. The number of aryl methyl sites for hydroxylation is 1. The second-order valence-corrected chi connectivity index (χ2v) is 5.47. The molecule has 120 valence electrons. The van der Waals surface area contributed by atoms with E-state index < -0.39 is 0 Å². The molecule has 1 saturated heterocycles. The van der Waals surface area contributed by atoms with Gasteiger partial charge >= 0.3 is 0 Å². The van der Waals surface area contributed by atoms with Crippen molar-refractivity contribution in [1.82, 2.24) is 4.98 Å². The van der Waals surface area contributed by atoms with E-state index in [-0.39, 0.29) is 11.7 Å². The number of hydrogen-bond donors (Lipinski definition) is 0. The van der Waals surface area contributed by atoms with Crippen molar-refractivity contribution in [3.63, 3.8) is 0 Å². The summed E-state index contributed by atoms with van der Waals surface area (Å²) >= 11 is 0. The molecule has 0 spiro atoms. The molecule has 1 aliphatic heterocycles. The third-order valence-corrected chi connectivity index (χ3v) is 3.90. The highest BCUT2D eigenvalue weighted by molar-refractivity contribution is 5.45. The molecule has 4 nitrogen and oxygen atoms in total. The summed E-state index contributed by atoms with van der Waals surface area (Å²) in [7, 11) is 1.74. The Kier molecular flexibility index (Phi) is 7.12. The van der Waals surface area contributed by atoms with Crippen LogP contribution in [0.4, 0.5) is 5.69 Å². The molecule has 0 aromatic carbocycles. The first kappa shape index (κ1) is 17.9. The van der Waals surface area contributed by atoms with E-state index in [1.807, 2.05) is 20.0 Å². The summed E-state index contributed by atoms with van der Waals surface area (Å²) in [6, 6.07) is 4.25. The number of pyridine rings is 1. The van der Waals surface area contributed by atoms with Gasteiger partial charge in [0.2, 0.25) is 0 Å². The Hall–Kier alpha value is -1.13. The van der Waals surface area contributed by atoms with E-state index in [2.05, 4.69) is 42.8 Å². The molecule has 1 aromatic rings. The Morgan fingerprint density at radius 1 is 1.38 bits per heavy atom. The minimum absolute atomic E-state index is 0.0806. The SMILES string of the molecule is CC.CCc1ccc(N2CCOC(C(C)(C)OC)C2)cn1. The number of morpholine rings is 1. The van der Waals surface area contributed by atoms with Crippen LogP contribution in [-0.2, 0) is 15.9 Å². The van der Waals surface area contributed by atoms with Crippen molar-refractivity contribution in [1.29, 1.82) is 0 Å². The second-order valence-electron chi connectivity index (χ2n) is 5.47. The summed E-state index contributed by atoms with van der Waals surface area (Å²) in [6.07, 6.45) is 3.01. The number of rotatable bonds is 4.